The molecule has 1 N–H and O–H groups in total. The Balaban J connectivity index is 1.69. The summed E-state index contributed by atoms with van der Waals surface area (Å²) in [5.41, 5.74) is 2.59. The highest BCUT2D eigenvalue weighted by molar-refractivity contribution is 6.31. The van der Waals surface area contributed by atoms with Crippen LogP contribution < -0.4 is 5.32 Å². The van der Waals surface area contributed by atoms with Gasteiger partial charge in [0.05, 0.1) is 5.54 Å². The average Bonchev–Trinajstić information content (AvgIpc) is 2.54. The minimum atomic E-state index is -0.482. The van der Waals surface area contributed by atoms with Crippen molar-refractivity contribution >= 4 is 23.2 Å². The fourth-order valence-electron chi connectivity index (χ4n) is 2.85. The highest BCUT2D eigenvalue weighted by Crippen LogP contribution is 2.34. The van der Waals surface area contributed by atoms with E-state index in [0.29, 0.717) is 6.54 Å². The quantitative estimate of drug-likeness (QED) is 0.910. The van der Waals surface area contributed by atoms with E-state index in [0.717, 1.165) is 29.2 Å². The second-order valence-corrected chi connectivity index (χ2v) is 6.76. The van der Waals surface area contributed by atoms with E-state index >= 15 is 0 Å². The van der Waals surface area contributed by atoms with Crippen molar-refractivity contribution < 1.29 is 4.79 Å². The summed E-state index contributed by atoms with van der Waals surface area (Å²) in [6, 6.07) is 15.7. The molecule has 0 bridgehead atoms. The van der Waals surface area contributed by atoms with Gasteiger partial charge in [-0.15, -0.1) is 0 Å². The van der Waals surface area contributed by atoms with E-state index in [4.69, 9.17) is 11.6 Å². The van der Waals surface area contributed by atoms with Crippen molar-refractivity contribution in [3.05, 3.63) is 64.7 Å². The summed E-state index contributed by atoms with van der Waals surface area (Å²) in [5.74, 6) is 0.0413. The number of aryl methyl sites for hydroxylation is 1. The van der Waals surface area contributed by atoms with Crippen LogP contribution in [0.2, 0.25) is 5.02 Å². The predicted molar refractivity (Wildman–Crippen MR) is 94.7 cm³/mol. The molecule has 0 aromatic heterocycles. The Morgan fingerprint density at radius 1 is 1.22 bits per heavy atom. The van der Waals surface area contributed by atoms with Crippen LogP contribution in [0.15, 0.2) is 48.5 Å². The summed E-state index contributed by atoms with van der Waals surface area (Å²) in [6.07, 6.45) is 0.856. The third-order valence-electron chi connectivity index (χ3n) is 4.68. The second kappa shape index (κ2) is 6.34. The summed E-state index contributed by atoms with van der Waals surface area (Å²) in [5, 5.41) is 3.78. The monoisotopic (exact) mass is 328 g/mol. The Kier molecular flexibility index (Phi) is 4.42. The number of hydrogen-bond donors (Lipinski definition) is 1. The van der Waals surface area contributed by atoms with Gasteiger partial charge in [0, 0.05) is 23.8 Å². The summed E-state index contributed by atoms with van der Waals surface area (Å²) >= 11 is 6.24. The zero-order valence-corrected chi connectivity index (χ0v) is 14.2. The Morgan fingerprint density at radius 2 is 1.91 bits per heavy atom. The molecule has 1 unspecified atom stereocenters. The average molecular weight is 329 g/mol. The van der Waals surface area contributed by atoms with Crippen molar-refractivity contribution in [2.75, 3.05) is 11.9 Å². The van der Waals surface area contributed by atoms with Crippen LogP contribution in [0.1, 0.15) is 24.5 Å². The third-order valence-corrected chi connectivity index (χ3v) is 5.05. The number of anilines is 1. The van der Waals surface area contributed by atoms with Crippen LogP contribution in [0.5, 0.6) is 0 Å². The number of amides is 1. The molecular weight excluding hydrogens is 308 g/mol. The number of likely N-dealkylation sites (tertiary alicyclic amines) is 1. The highest BCUT2D eigenvalue weighted by Gasteiger charge is 2.46. The number of hydrogen-bond acceptors (Lipinski definition) is 2. The van der Waals surface area contributed by atoms with Crippen LogP contribution in [-0.4, -0.2) is 22.9 Å². The van der Waals surface area contributed by atoms with Crippen LogP contribution >= 0.6 is 11.6 Å². The lowest BCUT2D eigenvalue weighted by Crippen LogP contribution is -2.63. The van der Waals surface area contributed by atoms with Crippen molar-refractivity contribution in [2.45, 2.75) is 32.4 Å². The molecule has 1 atom stereocenters. The maximum absolute atomic E-state index is 12.7. The number of rotatable bonds is 4. The molecule has 0 spiro atoms. The Labute approximate surface area is 142 Å². The number of nitrogens with zero attached hydrogens (tertiary/aromatic N) is 1. The lowest BCUT2D eigenvalue weighted by Gasteiger charge is -2.49. The van der Waals surface area contributed by atoms with Crippen LogP contribution in [-0.2, 0) is 11.3 Å². The molecule has 2 aromatic rings. The summed E-state index contributed by atoms with van der Waals surface area (Å²) < 4.78 is 0. The highest BCUT2D eigenvalue weighted by atomic mass is 35.5. The molecule has 3 rings (SSSR count). The maximum atomic E-state index is 12.7. The molecule has 1 fully saturated rings. The summed E-state index contributed by atoms with van der Waals surface area (Å²) in [6.45, 7) is 5.63. The van der Waals surface area contributed by atoms with E-state index in [1.165, 1.54) is 5.56 Å². The molecule has 0 saturated carbocycles. The van der Waals surface area contributed by atoms with Crippen molar-refractivity contribution in [3.63, 3.8) is 0 Å². The van der Waals surface area contributed by atoms with Gasteiger partial charge in [-0.1, -0.05) is 47.5 Å². The summed E-state index contributed by atoms with van der Waals surface area (Å²) in [7, 11) is 0. The molecule has 4 heteroatoms. The van der Waals surface area contributed by atoms with Crippen LogP contribution in [0.4, 0.5) is 5.69 Å². The lowest BCUT2D eigenvalue weighted by molar-refractivity contribution is -0.136. The Hall–Kier alpha value is -1.84. The van der Waals surface area contributed by atoms with E-state index in [-0.39, 0.29) is 5.91 Å². The number of nitrogens with one attached hydrogen (secondary N) is 1. The van der Waals surface area contributed by atoms with Crippen molar-refractivity contribution in [1.29, 1.82) is 0 Å². The minimum absolute atomic E-state index is 0.0413. The van der Waals surface area contributed by atoms with Gasteiger partial charge in [0.1, 0.15) is 0 Å². The van der Waals surface area contributed by atoms with Crippen LogP contribution in [0, 0.1) is 6.92 Å². The number of benzene rings is 2. The summed E-state index contributed by atoms with van der Waals surface area (Å²) in [4.78, 5) is 14.9. The van der Waals surface area contributed by atoms with Gasteiger partial charge in [0.25, 0.3) is 0 Å². The van der Waals surface area contributed by atoms with Gasteiger partial charge in [-0.3, -0.25) is 9.69 Å². The normalized spacial score (nSPS) is 20.8. The fraction of sp³-hybridized carbons (Fsp3) is 0.316. The molecule has 2 aromatic carbocycles. The second-order valence-electron chi connectivity index (χ2n) is 6.36. The van der Waals surface area contributed by atoms with E-state index in [9.17, 15) is 4.79 Å². The molecule has 3 nitrogen and oxygen atoms in total. The van der Waals surface area contributed by atoms with E-state index < -0.39 is 5.54 Å². The Bertz CT molecular complexity index is 714. The minimum Gasteiger partial charge on any atom is -0.324 e. The molecule has 1 amide bonds. The largest absolute Gasteiger partial charge is 0.324 e. The Morgan fingerprint density at radius 3 is 2.52 bits per heavy atom. The molecule has 0 aliphatic carbocycles. The first-order valence-corrected chi connectivity index (χ1v) is 8.23. The van der Waals surface area contributed by atoms with Gasteiger partial charge in [-0.2, -0.15) is 0 Å². The van der Waals surface area contributed by atoms with E-state index in [2.05, 4.69) is 10.2 Å². The smallest absolute Gasteiger partial charge is 0.244 e. The standard InChI is InChI=1S/C19H21ClN2O/c1-14-7-9-16(10-8-14)21-18(23)19(2)11-12-22(19)13-15-5-3-4-6-17(15)20/h3-10H,11-13H2,1-2H3,(H,21,23). The van der Waals surface area contributed by atoms with Gasteiger partial charge in [-0.25, -0.2) is 0 Å². The molecule has 23 heavy (non-hydrogen) atoms. The van der Waals surface area contributed by atoms with Gasteiger partial charge >= 0.3 is 0 Å². The van der Waals surface area contributed by atoms with Crippen molar-refractivity contribution in [1.82, 2.24) is 4.90 Å². The maximum Gasteiger partial charge on any atom is 0.244 e. The molecule has 1 heterocycles. The lowest BCUT2D eigenvalue weighted by atomic mass is 9.85. The predicted octanol–water partition coefficient (Wildman–Crippen LogP) is 4.25. The van der Waals surface area contributed by atoms with Gasteiger partial charge in [0.15, 0.2) is 0 Å². The third kappa shape index (κ3) is 3.26. The fourth-order valence-corrected chi connectivity index (χ4v) is 3.05. The van der Waals surface area contributed by atoms with Gasteiger partial charge < -0.3 is 5.32 Å². The topological polar surface area (TPSA) is 32.3 Å². The molecule has 1 aliphatic heterocycles. The first-order chi connectivity index (χ1) is 11.0. The van der Waals surface area contributed by atoms with Crippen LogP contribution in [0.3, 0.4) is 0 Å². The van der Waals surface area contributed by atoms with E-state index in [1.54, 1.807) is 0 Å². The zero-order valence-electron chi connectivity index (χ0n) is 13.5. The first kappa shape index (κ1) is 16.0. The molecule has 1 aliphatic rings. The van der Waals surface area contributed by atoms with Gasteiger partial charge in [0.2, 0.25) is 5.91 Å². The molecule has 1 saturated heterocycles. The van der Waals surface area contributed by atoms with Gasteiger partial charge in [-0.05, 0) is 44.0 Å². The zero-order chi connectivity index (χ0) is 16.4. The number of carbonyl (C=O) groups is 1. The van der Waals surface area contributed by atoms with Crippen molar-refractivity contribution in [2.24, 2.45) is 0 Å². The SMILES string of the molecule is Cc1ccc(NC(=O)C2(C)CCN2Cc2ccccc2Cl)cc1. The van der Waals surface area contributed by atoms with Crippen LogP contribution in [0.25, 0.3) is 0 Å². The number of halogens is 1. The molecular formula is C19H21ClN2O. The first-order valence-electron chi connectivity index (χ1n) is 7.85. The number of carbonyl (C=O) groups excluding carboxylic acids is 1. The molecule has 0 radical (unpaired) electrons. The van der Waals surface area contributed by atoms with Crippen molar-refractivity contribution in [3.8, 4) is 0 Å². The van der Waals surface area contributed by atoms with E-state index in [1.807, 2.05) is 62.4 Å². The molecule has 120 valence electrons.